The second kappa shape index (κ2) is 16.0. The summed E-state index contributed by atoms with van der Waals surface area (Å²) in [5.41, 5.74) is 2.51. The van der Waals surface area contributed by atoms with Crippen LogP contribution in [-0.2, 0) is 30.3 Å². The van der Waals surface area contributed by atoms with Crippen molar-refractivity contribution < 1.29 is 37.1 Å². The first-order valence-corrected chi connectivity index (χ1v) is 14.3. The van der Waals surface area contributed by atoms with Crippen LogP contribution in [0, 0.1) is 0 Å². The number of anilines is 1. The lowest BCUT2D eigenvalue weighted by atomic mass is 9.98. The number of aromatic nitrogens is 3. The average molecular weight is 637 g/mol. The fourth-order valence-corrected chi connectivity index (χ4v) is 4.45. The molecule has 2 atom stereocenters. The van der Waals surface area contributed by atoms with E-state index in [4.69, 9.17) is 0 Å². The van der Waals surface area contributed by atoms with Crippen LogP contribution in [0.5, 0.6) is 0 Å². The molecule has 14 heteroatoms. The molecule has 2 aromatic carbocycles. The second-order valence-corrected chi connectivity index (χ2v) is 10.1. The molecule has 2 heterocycles. The molecule has 0 aliphatic carbocycles. The van der Waals surface area contributed by atoms with Crippen molar-refractivity contribution in [2.75, 3.05) is 11.9 Å². The van der Waals surface area contributed by atoms with E-state index in [0.717, 1.165) is 11.1 Å². The molecule has 0 aliphatic heterocycles. The largest absolute Gasteiger partial charge is 0.491 e. The normalized spacial score (nSPS) is 12.4. The van der Waals surface area contributed by atoms with Gasteiger partial charge in [0.15, 0.2) is 0 Å². The molecule has 240 valence electrons. The lowest BCUT2D eigenvalue weighted by Crippen LogP contribution is -2.49. The maximum absolute atomic E-state index is 13.6. The number of hydrogen-bond donors (Lipinski definition) is 4. The standard InChI is InChI=1S/C32H31F3N6O5/c33-32(34,35)31(45)46-29(43)18-25(23-13-11-22(12-14-23)21-7-2-1-3-8-21)41-30(44)26(17-24-19-36-20-39-24)40-28(42)10-6-16-38-27-9-4-5-15-37-27/h1-5,7-9,11-15,19-20,25-26H,6,10,16-18H2,(H,36,39)(H,37,38)(H,40,42)(H,41,44)/t25?,26-/m1/s1. The number of benzene rings is 2. The van der Waals surface area contributed by atoms with Crippen molar-refractivity contribution >= 4 is 29.6 Å². The van der Waals surface area contributed by atoms with Gasteiger partial charge < -0.3 is 25.7 Å². The first-order valence-electron chi connectivity index (χ1n) is 14.3. The van der Waals surface area contributed by atoms with E-state index in [1.165, 1.54) is 6.33 Å². The van der Waals surface area contributed by atoms with Crippen LogP contribution in [-0.4, -0.2) is 57.5 Å². The van der Waals surface area contributed by atoms with Crippen molar-refractivity contribution in [2.45, 2.75) is 43.9 Å². The monoisotopic (exact) mass is 636 g/mol. The first kappa shape index (κ1) is 33.4. The molecule has 0 radical (unpaired) electrons. The highest BCUT2D eigenvalue weighted by Crippen LogP contribution is 2.25. The Balaban J connectivity index is 1.48. The number of nitrogens with zero attached hydrogens (tertiary/aromatic N) is 2. The molecule has 2 amide bonds. The summed E-state index contributed by atoms with van der Waals surface area (Å²) in [5, 5.41) is 8.41. The molecule has 0 spiro atoms. The van der Waals surface area contributed by atoms with Crippen molar-refractivity contribution in [3.05, 3.63) is 103 Å². The topological polar surface area (TPSA) is 155 Å². The average Bonchev–Trinajstić information content (AvgIpc) is 3.56. The van der Waals surface area contributed by atoms with Crippen LogP contribution in [0.15, 0.2) is 91.5 Å². The third-order valence-corrected chi connectivity index (χ3v) is 6.72. The maximum atomic E-state index is 13.6. The van der Waals surface area contributed by atoms with E-state index >= 15 is 0 Å². The third-order valence-electron chi connectivity index (χ3n) is 6.72. The summed E-state index contributed by atoms with van der Waals surface area (Å²) in [6, 6.07) is 19.0. The minimum Gasteiger partial charge on any atom is -0.386 e. The van der Waals surface area contributed by atoms with E-state index in [0.29, 0.717) is 30.0 Å². The Hall–Kier alpha value is -5.53. The van der Waals surface area contributed by atoms with Gasteiger partial charge in [-0.1, -0.05) is 60.7 Å². The molecular formula is C32H31F3N6O5. The second-order valence-electron chi connectivity index (χ2n) is 10.1. The number of carbonyl (C=O) groups excluding carboxylic acids is 4. The van der Waals surface area contributed by atoms with E-state index in [-0.39, 0.29) is 12.8 Å². The summed E-state index contributed by atoms with van der Waals surface area (Å²) in [4.78, 5) is 61.2. The zero-order valence-electron chi connectivity index (χ0n) is 24.4. The van der Waals surface area contributed by atoms with E-state index in [1.807, 2.05) is 36.4 Å². The molecule has 0 fully saturated rings. The van der Waals surface area contributed by atoms with Gasteiger partial charge in [0.1, 0.15) is 11.9 Å². The molecule has 46 heavy (non-hydrogen) atoms. The van der Waals surface area contributed by atoms with E-state index in [2.05, 4.69) is 35.6 Å². The Kier molecular flexibility index (Phi) is 11.6. The summed E-state index contributed by atoms with van der Waals surface area (Å²) >= 11 is 0. The number of esters is 2. The Bertz CT molecular complexity index is 1580. The number of pyridine rings is 1. The third kappa shape index (κ3) is 10.3. The number of nitrogens with one attached hydrogen (secondary N) is 4. The van der Waals surface area contributed by atoms with Gasteiger partial charge in [-0.25, -0.2) is 14.8 Å². The number of rotatable bonds is 14. The van der Waals surface area contributed by atoms with Gasteiger partial charge in [-0.3, -0.25) is 14.4 Å². The van der Waals surface area contributed by atoms with Crippen molar-refractivity contribution in [2.24, 2.45) is 0 Å². The molecular weight excluding hydrogens is 605 g/mol. The minimum absolute atomic E-state index is 0.0239. The molecule has 4 N–H and O–H groups in total. The summed E-state index contributed by atoms with van der Waals surface area (Å²) in [7, 11) is 0. The fourth-order valence-electron chi connectivity index (χ4n) is 4.45. The zero-order valence-corrected chi connectivity index (χ0v) is 24.4. The van der Waals surface area contributed by atoms with Crippen LogP contribution >= 0.6 is 0 Å². The van der Waals surface area contributed by atoms with Crippen LogP contribution in [0.3, 0.4) is 0 Å². The van der Waals surface area contributed by atoms with Crippen molar-refractivity contribution in [1.82, 2.24) is 25.6 Å². The van der Waals surface area contributed by atoms with Crippen LogP contribution < -0.4 is 16.0 Å². The number of halogens is 3. The summed E-state index contributed by atoms with van der Waals surface area (Å²) < 4.78 is 42.2. The number of aromatic amines is 1. The summed E-state index contributed by atoms with van der Waals surface area (Å²) in [6.45, 7) is 0.445. The van der Waals surface area contributed by atoms with Crippen LogP contribution in [0.25, 0.3) is 11.1 Å². The maximum Gasteiger partial charge on any atom is 0.491 e. The smallest absolute Gasteiger partial charge is 0.386 e. The first-order chi connectivity index (χ1) is 22.1. The molecule has 0 saturated heterocycles. The number of hydrogen-bond acceptors (Lipinski definition) is 8. The predicted octanol–water partition coefficient (Wildman–Crippen LogP) is 4.27. The van der Waals surface area contributed by atoms with Crippen LogP contribution in [0.1, 0.15) is 36.6 Å². The SMILES string of the molecule is O=C(CCCNc1ccccn1)N[C@H](Cc1c[nH]cn1)C(=O)NC(CC(=O)OC(=O)C(F)(F)F)c1ccc(-c2ccccc2)cc1. The molecule has 11 nitrogen and oxygen atoms in total. The summed E-state index contributed by atoms with van der Waals surface area (Å²) in [5.74, 6) is -4.67. The number of amides is 2. The van der Waals surface area contributed by atoms with Crippen molar-refractivity contribution in [1.29, 1.82) is 0 Å². The highest BCUT2D eigenvalue weighted by Gasteiger charge is 2.42. The molecule has 0 saturated carbocycles. The Morgan fingerprint density at radius 2 is 1.59 bits per heavy atom. The van der Waals surface area contributed by atoms with Gasteiger partial charge in [-0.05, 0) is 35.2 Å². The van der Waals surface area contributed by atoms with Gasteiger partial charge in [0.25, 0.3) is 0 Å². The van der Waals surface area contributed by atoms with Gasteiger partial charge in [0.2, 0.25) is 11.8 Å². The van der Waals surface area contributed by atoms with E-state index < -0.39 is 48.4 Å². The highest BCUT2D eigenvalue weighted by atomic mass is 19.4. The Morgan fingerprint density at radius 3 is 2.24 bits per heavy atom. The quantitative estimate of drug-likeness (QED) is 0.0909. The minimum atomic E-state index is -5.38. The highest BCUT2D eigenvalue weighted by molar-refractivity contribution is 5.90. The van der Waals surface area contributed by atoms with Gasteiger partial charge in [-0.15, -0.1) is 0 Å². The van der Waals surface area contributed by atoms with E-state index in [9.17, 15) is 32.3 Å². The molecule has 0 aliphatic rings. The van der Waals surface area contributed by atoms with Crippen LogP contribution in [0.4, 0.5) is 19.0 Å². The predicted molar refractivity (Wildman–Crippen MR) is 161 cm³/mol. The van der Waals surface area contributed by atoms with E-state index in [1.54, 1.807) is 48.8 Å². The molecule has 0 bridgehead atoms. The number of alkyl halides is 3. The number of carbonyl (C=O) groups is 4. The van der Waals surface area contributed by atoms with Gasteiger partial charge >= 0.3 is 18.1 Å². The Morgan fingerprint density at radius 1 is 0.870 bits per heavy atom. The Labute approximate surface area is 262 Å². The molecule has 2 aromatic heterocycles. The molecule has 1 unspecified atom stereocenters. The van der Waals surface area contributed by atoms with Crippen molar-refractivity contribution in [3.8, 4) is 11.1 Å². The van der Waals surface area contributed by atoms with Crippen molar-refractivity contribution in [3.63, 3.8) is 0 Å². The number of imidazole rings is 1. The van der Waals surface area contributed by atoms with Crippen LogP contribution in [0.2, 0.25) is 0 Å². The summed E-state index contributed by atoms with van der Waals surface area (Å²) in [6.07, 6.45) is -1.12. The van der Waals surface area contributed by atoms with Gasteiger partial charge in [-0.2, -0.15) is 13.2 Å². The molecule has 4 rings (SSSR count). The lowest BCUT2D eigenvalue weighted by molar-refractivity contribution is -0.202. The number of ether oxygens (including phenoxy) is 1. The molecule has 4 aromatic rings. The zero-order chi connectivity index (χ0) is 32.9. The van der Waals surface area contributed by atoms with Gasteiger partial charge in [0.05, 0.1) is 24.5 Å². The lowest BCUT2D eigenvalue weighted by Gasteiger charge is -2.23. The number of H-pyrrole nitrogens is 1. The van der Waals surface area contributed by atoms with Gasteiger partial charge in [0, 0.05) is 31.8 Å². The fraction of sp³-hybridized carbons (Fsp3) is 0.250.